The van der Waals surface area contributed by atoms with E-state index in [-0.39, 0.29) is 5.56 Å². The van der Waals surface area contributed by atoms with Gasteiger partial charge in [-0.2, -0.15) is 0 Å². The van der Waals surface area contributed by atoms with Crippen LogP contribution in [0.3, 0.4) is 0 Å². The van der Waals surface area contributed by atoms with Crippen LogP contribution >= 0.6 is 0 Å². The maximum Gasteiger partial charge on any atom is 0.335 e. The van der Waals surface area contributed by atoms with Gasteiger partial charge in [0.25, 0.3) is 0 Å². The molecule has 1 N–H and O–H groups in total. The number of benzene rings is 1. The molecule has 0 radical (unpaired) electrons. The molecule has 0 bridgehead atoms. The molecule has 80 valence electrons. The highest BCUT2D eigenvalue weighted by molar-refractivity contribution is 5.89. The Balaban J connectivity index is 2.40. The van der Waals surface area contributed by atoms with E-state index >= 15 is 0 Å². The molecule has 4 nitrogen and oxygen atoms in total. The quantitative estimate of drug-likeness (QED) is 0.800. The lowest BCUT2D eigenvalue weighted by Crippen LogP contribution is -2.32. The number of carbonyl (C=O) groups is 1. The van der Waals surface area contributed by atoms with Gasteiger partial charge in [0, 0.05) is 6.54 Å². The number of carboxylic acids is 1. The Morgan fingerprint density at radius 1 is 1.60 bits per heavy atom. The number of rotatable bonds is 2. The Labute approximate surface area is 88.1 Å². The highest BCUT2D eigenvalue weighted by atomic mass is 16.5. The van der Waals surface area contributed by atoms with E-state index in [1.807, 2.05) is 0 Å². The van der Waals surface area contributed by atoms with Crippen molar-refractivity contribution in [2.45, 2.75) is 6.92 Å². The number of carboxylic acid groups (broad SMARTS) is 1. The second-order valence-electron chi connectivity index (χ2n) is 3.42. The molecule has 4 heteroatoms. The number of hydrogen-bond acceptors (Lipinski definition) is 3. The zero-order chi connectivity index (χ0) is 10.8. The van der Waals surface area contributed by atoms with E-state index in [0.717, 1.165) is 18.8 Å². The molecule has 0 aromatic heterocycles. The number of likely N-dealkylation sites (N-methyl/N-ethyl adjacent to an activating group) is 1. The molecule has 1 aliphatic heterocycles. The van der Waals surface area contributed by atoms with Crippen molar-refractivity contribution in [1.82, 2.24) is 0 Å². The molecule has 0 saturated carbocycles. The predicted molar refractivity (Wildman–Crippen MR) is 56.8 cm³/mol. The van der Waals surface area contributed by atoms with Crippen LogP contribution in [0.4, 0.5) is 5.69 Å². The summed E-state index contributed by atoms with van der Waals surface area (Å²) in [6.07, 6.45) is 0. The standard InChI is InChI=1S/C11H13NO3/c1-2-12-5-6-15-10-7-8(11(13)14)3-4-9(10)12/h3-4,7H,2,5-6H2,1H3,(H,13,14). The second-order valence-corrected chi connectivity index (χ2v) is 3.42. The maximum atomic E-state index is 10.8. The Morgan fingerprint density at radius 2 is 2.40 bits per heavy atom. The van der Waals surface area contributed by atoms with Gasteiger partial charge in [0.2, 0.25) is 0 Å². The first-order valence-electron chi connectivity index (χ1n) is 4.97. The Morgan fingerprint density at radius 3 is 3.07 bits per heavy atom. The third kappa shape index (κ3) is 1.75. The van der Waals surface area contributed by atoms with E-state index in [0.29, 0.717) is 12.4 Å². The molecule has 15 heavy (non-hydrogen) atoms. The van der Waals surface area contributed by atoms with E-state index in [9.17, 15) is 4.79 Å². The fourth-order valence-electron chi connectivity index (χ4n) is 1.74. The smallest absolute Gasteiger partial charge is 0.335 e. The topological polar surface area (TPSA) is 49.8 Å². The van der Waals surface area contributed by atoms with Crippen molar-refractivity contribution in [2.75, 3.05) is 24.6 Å². The van der Waals surface area contributed by atoms with Crippen LogP contribution in [0.5, 0.6) is 5.75 Å². The van der Waals surface area contributed by atoms with E-state index in [4.69, 9.17) is 9.84 Å². The molecule has 0 spiro atoms. The van der Waals surface area contributed by atoms with Gasteiger partial charge in [-0.3, -0.25) is 0 Å². The van der Waals surface area contributed by atoms with Crippen LogP contribution in [0.25, 0.3) is 0 Å². The van der Waals surface area contributed by atoms with Crippen molar-refractivity contribution in [1.29, 1.82) is 0 Å². The van der Waals surface area contributed by atoms with Gasteiger partial charge in [-0.05, 0) is 25.1 Å². The molecule has 1 aromatic carbocycles. The predicted octanol–water partition coefficient (Wildman–Crippen LogP) is 1.60. The normalized spacial score (nSPS) is 14.3. The zero-order valence-electron chi connectivity index (χ0n) is 8.56. The summed E-state index contributed by atoms with van der Waals surface area (Å²) in [4.78, 5) is 12.9. The first-order valence-corrected chi connectivity index (χ1v) is 4.97. The Kier molecular flexibility index (Phi) is 2.49. The summed E-state index contributed by atoms with van der Waals surface area (Å²) in [6.45, 7) is 4.45. The molecule has 0 unspecified atom stereocenters. The molecular weight excluding hydrogens is 194 g/mol. The van der Waals surface area contributed by atoms with Crippen molar-refractivity contribution >= 4 is 11.7 Å². The number of ether oxygens (including phenoxy) is 1. The minimum atomic E-state index is -0.921. The van der Waals surface area contributed by atoms with Crippen molar-refractivity contribution in [3.63, 3.8) is 0 Å². The van der Waals surface area contributed by atoms with Gasteiger partial charge in [-0.1, -0.05) is 0 Å². The first-order chi connectivity index (χ1) is 7.22. The number of fused-ring (bicyclic) bond motifs is 1. The number of hydrogen-bond donors (Lipinski definition) is 1. The van der Waals surface area contributed by atoms with Crippen LogP contribution in [0.1, 0.15) is 17.3 Å². The minimum Gasteiger partial charge on any atom is -0.490 e. The van der Waals surface area contributed by atoms with Gasteiger partial charge in [-0.15, -0.1) is 0 Å². The largest absolute Gasteiger partial charge is 0.490 e. The van der Waals surface area contributed by atoms with Crippen LogP contribution < -0.4 is 9.64 Å². The van der Waals surface area contributed by atoms with Crippen molar-refractivity contribution in [3.8, 4) is 5.75 Å². The first kappa shape index (κ1) is 9.83. The fourth-order valence-corrected chi connectivity index (χ4v) is 1.74. The second kappa shape index (κ2) is 3.81. The summed E-state index contributed by atoms with van der Waals surface area (Å²) in [5.74, 6) is -0.252. The van der Waals surface area contributed by atoms with Gasteiger partial charge < -0.3 is 14.7 Å². The summed E-state index contributed by atoms with van der Waals surface area (Å²) in [5.41, 5.74) is 1.25. The average Bonchev–Trinajstić information content (AvgIpc) is 2.27. The summed E-state index contributed by atoms with van der Waals surface area (Å²) in [6, 6.07) is 5.00. The van der Waals surface area contributed by atoms with Crippen molar-refractivity contribution in [2.24, 2.45) is 0 Å². The number of anilines is 1. The number of nitrogens with zero attached hydrogens (tertiary/aromatic N) is 1. The van der Waals surface area contributed by atoms with Gasteiger partial charge in [0.15, 0.2) is 0 Å². The van der Waals surface area contributed by atoms with Gasteiger partial charge in [0.05, 0.1) is 17.8 Å². The molecule has 0 amide bonds. The van der Waals surface area contributed by atoms with Crippen molar-refractivity contribution < 1.29 is 14.6 Å². The number of aromatic carboxylic acids is 1. The molecule has 2 rings (SSSR count). The van der Waals surface area contributed by atoms with Crippen LogP contribution in [0, 0.1) is 0 Å². The minimum absolute atomic E-state index is 0.270. The van der Waals surface area contributed by atoms with Crippen molar-refractivity contribution in [3.05, 3.63) is 23.8 Å². The monoisotopic (exact) mass is 207 g/mol. The SMILES string of the molecule is CCN1CCOc2cc(C(=O)O)ccc21. The van der Waals surface area contributed by atoms with E-state index < -0.39 is 5.97 Å². The summed E-state index contributed by atoms with van der Waals surface area (Å²) in [5, 5.41) is 8.84. The van der Waals surface area contributed by atoms with E-state index in [1.54, 1.807) is 18.2 Å². The van der Waals surface area contributed by atoms with Gasteiger partial charge >= 0.3 is 5.97 Å². The molecule has 1 aliphatic rings. The Bertz CT molecular complexity index is 389. The zero-order valence-corrected chi connectivity index (χ0v) is 8.56. The van der Waals surface area contributed by atoms with Crippen LogP contribution in [0.2, 0.25) is 0 Å². The summed E-state index contributed by atoms with van der Waals surface area (Å²) in [7, 11) is 0. The lowest BCUT2D eigenvalue weighted by atomic mass is 10.1. The highest BCUT2D eigenvalue weighted by Gasteiger charge is 2.18. The molecule has 0 atom stereocenters. The maximum absolute atomic E-state index is 10.8. The van der Waals surface area contributed by atoms with E-state index in [2.05, 4.69) is 11.8 Å². The summed E-state index contributed by atoms with van der Waals surface area (Å²) < 4.78 is 5.44. The summed E-state index contributed by atoms with van der Waals surface area (Å²) >= 11 is 0. The third-order valence-electron chi connectivity index (χ3n) is 2.55. The third-order valence-corrected chi connectivity index (χ3v) is 2.55. The lowest BCUT2D eigenvalue weighted by Gasteiger charge is -2.30. The average molecular weight is 207 g/mol. The molecule has 1 aromatic rings. The molecule has 0 aliphatic carbocycles. The molecule has 0 fully saturated rings. The van der Waals surface area contributed by atoms with Crippen LogP contribution in [0.15, 0.2) is 18.2 Å². The lowest BCUT2D eigenvalue weighted by molar-refractivity contribution is 0.0696. The van der Waals surface area contributed by atoms with E-state index in [1.165, 1.54) is 0 Å². The fraction of sp³-hybridized carbons (Fsp3) is 0.364. The molecule has 1 heterocycles. The highest BCUT2D eigenvalue weighted by Crippen LogP contribution is 2.32. The van der Waals surface area contributed by atoms with Gasteiger partial charge in [0.1, 0.15) is 12.4 Å². The van der Waals surface area contributed by atoms with Gasteiger partial charge in [-0.25, -0.2) is 4.79 Å². The molecular formula is C11H13NO3. The molecule has 0 saturated heterocycles. The van der Waals surface area contributed by atoms with Crippen LogP contribution in [-0.2, 0) is 0 Å². The van der Waals surface area contributed by atoms with Crippen LogP contribution in [-0.4, -0.2) is 30.8 Å². The Hall–Kier alpha value is -1.71.